The summed E-state index contributed by atoms with van der Waals surface area (Å²) in [5, 5.41) is 4.43. The van der Waals surface area contributed by atoms with E-state index in [2.05, 4.69) is 138 Å². The molecule has 0 bridgehead atoms. The molecule has 1 atom stereocenters. The first-order valence-corrected chi connectivity index (χ1v) is 14.7. The molecule has 0 saturated heterocycles. The summed E-state index contributed by atoms with van der Waals surface area (Å²) in [6, 6.07) is 44.6. The van der Waals surface area contributed by atoms with Crippen molar-refractivity contribution in [1.82, 2.24) is 0 Å². The molecular formula is C27H22PSSe+. The molecule has 0 fully saturated rings. The van der Waals surface area contributed by atoms with E-state index in [0.29, 0.717) is 18.8 Å². The number of hydrogen-bond acceptors (Lipinski definition) is 1. The van der Waals surface area contributed by atoms with E-state index in [9.17, 15) is 0 Å². The van der Waals surface area contributed by atoms with Crippen molar-refractivity contribution in [2.24, 2.45) is 0 Å². The van der Waals surface area contributed by atoms with E-state index in [0.717, 1.165) is 0 Å². The molecule has 0 spiro atoms. The minimum absolute atomic E-state index is 0.408. The van der Waals surface area contributed by atoms with Crippen LogP contribution in [0.15, 0.2) is 126 Å². The standard InChI is InChI=1S/C27H22PSSe/c1-5-13-22(14-6-1)26-21-30-27(29-26)28(23-15-7-2-8-16-23,24-17-9-3-10-18-24)25-19-11-4-12-20-25/h1-21,27H/q+1. The third-order valence-corrected chi connectivity index (χ3v) is 16.8. The van der Waals surface area contributed by atoms with Gasteiger partial charge in [0.25, 0.3) is 0 Å². The van der Waals surface area contributed by atoms with E-state index >= 15 is 0 Å². The van der Waals surface area contributed by atoms with E-state index in [1.165, 1.54) is 26.4 Å². The van der Waals surface area contributed by atoms with Gasteiger partial charge < -0.3 is 0 Å². The summed E-state index contributed by atoms with van der Waals surface area (Å²) in [5.41, 5.74) is 1.35. The van der Waals surface area contributed by atoms with E-state index in [1.807, 2.05) is 0 Å². The molecule has 4 aromatic rings. The van der Waals surface area contributed by atoms with Gasteiger partial charge in [0.2, 0.25) is 0 Å². The van der Waals surface area contributed by atoms with Crippen LogP contribution in [-0.4, -0.2) is 18.8 Å². The van der Waals surface area contributed by atoms with Crippen LogP contribution in [0.5, 0.6) is 0 Å². The Morgan fingerprint density at radius 1 is 0.533 bits per heavy atom. The molecule has 0 aromatic heterocycles. The first-order valence-electron chi connectivity index (χ1n) is 10.0. The van der Waals surface area contributed by atoms with Crippen molar-refractivity contribution in [1.29, 1.82) is 0 Å². The molecular weight excluding hydrogens is 466 g/mol. The Morgan fingerprint density at radius 2 is 0.933 bits per heavy atom. The van der Waals surface area contributed by atoms with Gasteiger partial charge in [-0.1, -0.05) is 0 Å². The second-order valence-electron chi connectivity index (χ2n) is 7.14. The summed E-state index contributed by atoms with van der Waals surface area (Å²) < 4.78 is 0.549. The van der Waals surface area contributed by atoms with Crippen molar-refractivity contribution < 1.29 is 0 Å². The average molecular weight is 488 g/mol. The molecule has 0 radical (unpaired) electrons. The average Bonchev–Trinajstić information content (AvgIpc) is 3.33. The normalized spacial score (nSPS) is 16.3. The van der Waals surface area contributed by atoms with E-state index in [1.54, 1.807) is 0 Å². The molecule has 0 N–H and O–H groups in total. The Hall–Kier alpha value is -2.08. The monoisotopic (exact) mass is 489 g/mol. The molecule has 4 aromatic carbocycles. The fourth-order valence-electron chi connectivity index (χ4n) is 3.99. The van der Waals surface area contributed by atoms with Gasteiger partial charge >= 0.3 is 191 Å². The Morgan fingerprint density at radius 3 is 1.37 bits per heavy atom. The van der Waals surface area contributed by atoms with Crippen molar-refractivity contribution in [3.8, 4) is 0 Å². The van der Waals surface area contributed by atoms with Crippen molar-refractivity contribution in [2.75, 3.05) is 0 Å². The second-order valence-corrected chi connectivity index (χ2v) is 15.7. The summed E-state index contributed by atoms with van der Waals surface area (Å²) in [5.74, 6) is 0. The molecule has 1 aliphatic rings. The fraction of sp³-hybridized carbons (Fsp3) is 0.0370. The van der Waals surface area contributed by atoms with E-state index < -0.39 is 7.26 Å². The Kier molecular flexibility index (Phi) is 5.93. The zero-order valence-electron chi connectivity index (χ0n) is 16.5. The molecule has 0 saturated carbocycles. The van der Waals surface area contributed by atoms with Gasteiger partial charge in [0.05, 0.1) is 0 Å². The number of benzene rings is 4. The van der Waals surface area contributed by atoms with Crippen LogP contribution in [0, 0.1) is 0 Å². The zero-order chi connectivity index (χ0) is 20.2. The number of thioether (sulfide) groups is 1. The molecule has 30 heavy (non-hydrogen) atoms. The van der Waals surface area contributed by atoms with Gasteiger partial charge in [0.15, 0.2) is 0 Å². The zero-order valence-corrected chi connectivity index (χ0v) is 19.9. The SMILES string of the molecule is C1=C(c2ccccc2)SC([P+](c2ccccc2)(c2ccccc2)c2ccccc2)[Se]1. The molecule has 3 heteroatoms. The third-order valence-electron chi connectivity index (χ3n) is 5.38. The van der Waals surface area contributed by atoms with Gasteiger partial charge in [-0.25, -0.2) is 0 Å². The molecule has 5 rings (SSSR count). The fourth-order valence-corrected chi connectivity index (χ4v) is 16.9. The van der Waals surface area contributed by atoms with Crippen LogP contribution in [0.3, 0.4) is 0 Å². The minimum atomic E-state index is -1.82. The molecule has 1 aliphatic heterocycles. The molecule has 0 aliphatic carbocycles. The van der Waals surface area contributed by atoms with E-state index in [4.69, 9.17) is 0 Å². The first kappa shape index (κ1) is 19.9. The molecule has 1 unspecified atom stereocenters. The van der Waals surface area contributed by atoms with Gasteiger partial charge in [0, 0.05) is 0 Å². The number of hydrogen-bond donors (Lipinski definition) is 0. The van der Waals surface area contributed by atoms with Crippen LogP contribution in [0.25, 0.3) is 4.91 Å². The van der Waals surface area contributed by atoms with Crippen molar-refractivity contribution in [2.45, 2.75) is 3.89 Å². The topological polar surface area (TPSA) is 0 Å². The van der Waals surface area contributed by atoms with Crippen molar-refractivity contribution in [3.05, 3.63) is 132 Å². The summed E-state index contributed by atoms with van der Waals surface area (Å²) in [6.45, 7) is 0. The summed E-state index contributed by atoms with van der Waals surface area (Å²) >= 11 is 2.50. The van der Waals surface area contributed by atoms with Crippen molar-refractivity contribution >= 4 is 54.8 Å². The molecule has 146 valence electrons. The van der Waals surface area contributed by atoms with Crippen LogP contribution in [0.2, 0.25) is 0 Å². The predicted molar refractivity (Wildman–Crippen MR) is 137 cm³/mol. The molecule has 1 heterocycles. The van der Waals surface area contributed by atoms with Crippen LogP contribution in [0.4, 0.5) is 0 Å². The maximum absolute atomic E-state index is 2.52. The molecule has 0 amide bonds. The summed E-state index contributed by atoms with van der Waals surface area (Å²) in [6.07, 6.45) is 0. The number of rotatable bonds is 5. The van der Waals surface area contributed by atoms with Crippen LogP contribution >= 0.6 is 19.0 Å². The Balaban J connectivity index is 1.69. The summed E-state index contributed by atoms with van der Waals surface area (Å²) in [7, 11) is -1.82. The van der Waals surface area contributed by atoms with Gasteiger partial charge in [-0.2, -0.15) is 0 Å². The van der Waals surface area contributed by atoms with Crippen LogP contribution < -0.4 is 15.9 Å². The third kappa shape index (κ3) is 3.59. The van der Waals surface area contributed by atoms with Gasteiger partial charge in [-0.15, -0.1) is 0 Å². The Bertz CT molecular complexity index is 1030. The first-order chi connectivity index (χ1) is 14.9. The van der Waals surface area contributed by atoms with Gasteiger partial charge in [0.1, 0.15) is 0 Å². The van der Waals surface area contributed by atoms with E-state index in [-0.39, 0.29) is 0 Å². The molecule has 0 nitrogen and oxygen atoms in total. The second kappa shape index (κ2) is 8.96. The van der Waals surface area contributed by atoms with Gasteiger partial charge in [-0.3, -0.25) is 0 Å². The van der Waals surface area contributed by atoms with Crippen LogP contribution in [-0.2, 0) is 0 Å². The van der Waals surface area contributed by atoms with Gasteiger partial charge in [-0.05, 0) is 0 Å². The quantitative estimate of drug-likeness (QED) is 0.256. The van der Waals surface area contributed by atoms with Crippen LogP contribution in [0.1, 0.15) is 5.56 Å². The summed E-state index contributed by atoms with van der Waals surface area (Å²) in [4.78, 5) is 3.95. The van der Waals surface area contributed by atoms with Crippen molar-refractivity contribution in [3.63, 3.8) is 0 Å². The maximum atomic E-state index is 2.52. The predicted octanol–water partition coefficient (Wildman–Crippen LogP) is 5.71. The Labute approximate surface area is 189 Å².